The predicted molar refractivity (Wildman–Crippen MR) is 54.1 cm³/mol. The highest BCUT2D eigenvalue weighted by Crippen LogP contribution is 2.01. The van der Waals surface area contributed by atoms with Crippen LogP contribution in [0.15, 0.2) is 0 Å². The van der Waals surface area contributed by atoms with Gasteiger partial charge in [0.2, 0.25) is 5.91 Å². The lowest BCUT2D eigenvalue weighted by Gasteiger charge is -2.17. The van der Waals surface area contributed by atoms with Crippen molar-refractivity contribution in [3.05, 3.63) is 0 Å². The molecule has 0 bridgehead atoms. The Morgan fingerprint density at radius 3 is 2.07 bits per heavy atom. The van der Waals surface area contributed by atoms with E-state index < -0.39 is 33.5 Å². The summed E-state index contributed by atoms with van der Waals surface area (Å²) in [4.78, 5) is 21.8. The van der Waals surface area contributed by atoms with E-state index in [1.807, 2.05) is 0 Å². The molecule has 2 N–H and O–H groups in total. The van der Waals surface area contributed by atoms with Crippen LogP contribution in [-0.4, -0.2) is 43.5 Å². The number of carbonyl (C=O) groups excluding carboxylic acids is 1. The molecule has 0 unspecified atom stereocenters. The maximum Gasteiger partial charge on any atom is 0.326 e. The molecule has 0 heterocycles. The third kappa shape index (κ3) is 6.05. The van der Waals surface area contributed by atoms with Gasteiger partial charge < -0.3 is 10.4 Å². The van der Waals surface area contributed by atoms with Gasteiger partial charge in [0.05, 0.1) is 0 Å². The highest BCUT2D eigenvalue weighted by atomic mass is 32.2. The van der Waals surface area contributed by atoms with E-state index >= 15 is 0 Å². The lowest BCUT2D eigenvalue weighted by molar-refractivity contribution is -0.142. The number of hydrogen-bond donors (Lipinski definition) is 2. The van der Waals surface area contributed by atoms with Crippen LogP contribution in [0.25, 0.3) is 0 Å². The van der Waals surface area contributed by atoms with E-state index in [4.69, 9.17) is 5.11 Å². The molecule has 0 fully saturated rings. The summed E-state index contributed by atoms with van der Waals surface area (Å²) in [7, 11) is -3.43. The molecule has 1 atom stereocenters. The Hall–Kier alpha value is -1.11. The minimum absolute atomic E-state index is 0.300. The Kier molecular flexibility index (Phi) is 4.73. The van der Waals surface area contributed by atoms with Crippen LogP contribution in [0.4, 0.5) is 0 Å². The minimum atomic E-state index is -3.43. The number of nitrogens with one attached hydrogen (secondary N) is 1. The first-order valence-corrected chi connectivity index (χ1v) is 6.39. The molecule has 0 radical (unpaired) electrons. The molecule has 0 aromatic carbocycles. The smallest absolute Gasteiger partial charge is 0.326 e. The average molecular weight is 237 g/mol. The van der Waals surface area contributed by atoms with Gasteiger partial charge in [-0.2, -0.15) is 0 Å². The number of carboxylic acids is 1. The molecule has 0 rings (SSSR count). The fourth-order valence-corrected chi connectivity index (χ4v) is 1.53. The fourth-order valence-electron chi connectivity index (χ4n) is 0.967. The molecule has 6 nitrogen and oxygen atoms in total. The quantitative estimate of drug-likeness (QED) is 0.655. The molecular formula is C8H15NO5S. The van der Waals surface area contributed by atoms with Gasteiger partial charge in [-0.15, -0.1) is 0 Å². The first kappa shape index (κ1) is 13.9. The van der Waals surface area contributed by atoms with Crippen molar-refractivity contribution in [3.63, 3.8) is 0 Å². The molecule has 0 aliphatic rings. The SMILES string of the molecule is CC(C)[C@@H](NC(=O)CS(C)(=O)=O)C(=O)O. The topological polar surface area (TPSA) is 101 Å². The van der Waals surface area contributed by atoms with Crippen LogP contribution in [0.1, 0.15) is 13.8 Å². The lowest BCUT2D eigenvalue weighted by atomic mass is 10.1. The van der Waals surface area contributed by atoms with Crippen molar-refractivity contribution in [2.24, 2.45) is 5.92 Å². The minimum Gasteiger partial charge on any atom is -0.480 e. The summed E-state index contributed by atoms with van der Waals surface area (Å²) in [6.45, 7) is 3.25. The fraction of sp³-hybridized carbons (Fsp3) is 0.750. The molecule has 0 aromatic heterocycles. The van der Waals surface area contributed by atoms with Gasteiger partial charge in [-0.05, 0) is 5.92 Å². The highest BCUT2D eigenvalue weighted by Gasteiger charge is 2.24. The molecular weight excluding hydrogens is 222 g/mol. The van der Waals surface area contributed by atoms with Crippen LogP contribution in [0.3, 0.4) is 0 Å². The van der Waals surface area contributed by atoms with Crippen LogP contribution in [0.5, 0.6) is 0 Å². The Balaban J connectivity index is 4.44. The van der Waals surface area contributed by atoms with Crippen molar-refractivity contribution in [3.8, 4) is 0 Å². The molecule has 0 saturated heterocycles. The average Bonchev–Trinajstić information content (AvgIpc) is 1.95. The molecule has 0 aromatic rings. The number of carboxylic acid groups (broad SMARTS) is 1. The Morgan fingerprint density at radius 1 is 1.33 bits per heavy atom. The maximum absolute atomic E-state index is 11.1. The third-order valence-corrected chi connectivity index (χ3v) is 2.43. The molecule has 7 heteroatoms. The van der Waals surface area contributed by atoms with Crippen LogP contribution < -0.4 is 5.32 Å². The number of sulfone groups is 1. The first-order chi connectivity index (χ1) is 6.63. The summed E-state index contributed by atoms with van der Waals surface area (Å²) in [5.74, 6) is -2.96. The molecule has 0 aliphatic heterocycles. The Bertz CT molecular complexity index is 346. The summed E-state index contributed by atoms with van der Waals surface area (Å²) in [5, 5.41) is 10.9. The van der Waals surface area contributed by atoms with Gasteiger partial charge in [-0.25, -0.2) is 13.2 Å². The summed E-state index contributed by atoms with van der Waals surface area (Å²) in [6.07, 6.45) is 0.914. The second kappa shape index (κ2) is 5.11. The summed E-state index contributed by atoms with van der Waals surface area (Å²) >= 11 is 0. The van der Waals surface area contributed by atoms with Crippen molar-refractivity contribution in [2.75, 3.05) is 12.0 Å². The van der Waals surface area contributed by atoms with Gasteiger partial charge in [0.1, 0.15) is 11.8 Å². The van der Waals surface area contributed by atoms with Crippen molar-refractivity contribution in [2.45, 2.75) is 19.9 Å². The predicted octanol–water partition coefficient (Wildman–Crippen LogP) is -0.744. The van der Waals surface area contributed by atoms with Gasteiger partial charge in [0.25, 0.3) is 0 Å². The first-order valence-electron chi connectivity index (χ1n) is 4.33. The van der Waals surface area contributed by atoms with Crippen molar-refractivity contribution in [1.29, 1.82) is 0 Å². The van der Waals surface area contributed by atoms with Crippen molar-refractivity contribution >= 4 is 21.7 Å². The Morgan fingerprint density at radius 2 is 1.80 bits per heavy atom. The van der Waals surface area contributed by atoms with Crippen molar-refractivity contribution < 1.29 is 23.1 Å². The van der Waals surface area contributed by atoms with Crippen LogP contribution >= 0.6 is 0 Å². The van der Waals surface area contributed by atoms with E-state index in [1.165, 1.54) is 0 Å². The number of amides is 1. The van der Waals surface area contributed by atoms with E-state index in [0.29, 0.717) is 0 Å². The van der Waals surface area contributed by atoms with Gasteiger partial charge in [-0.3, -0.25) is 4.79 Å². The monoisotopic (exact) mass is 237 g/mol. The van der Waals surface area contributed by atoms with E-state index in [1.54, 1.807) is 13.8 Å². The highest BCUT2D eigenvalue weighted by molar-refractivity contribution is 7.91. The van der Waals surface area contributed by atoms with Gasteiger partial charge in [0.15, 0.2) is 9.84 Å². The second-order valence-electron chi connectivity index (χ2n) is 3.70. The van der Waals surface area contributed by atoms with Gasteiger partial charge in [0, 0.05) is 6.26 Å². The largest absolute Gasteiger partial charge is 0.480 e. The second-order valence-corrected chi connectivity index (χ2v) is 5.84. The van der Waals surface area contributed by atoms with E-state index in [9.17, 15) is 18.0 Å². The third-order valence-electron chi connectivity index (χ3n) is 1.64. The lowest BCUT2D eigenvalue weighted by Crippen LogP contribution is -2.46. The van der Waals surface area contributed by atoms with E-state index in [0.717, 1.165) is 6.26 Å². The van der Waals surface area contributed by atoms with Crippen molar-refractivity contribution in [1.82, 2.24) is 5.32 Å². The molecule has 0 saturated carbocycles. The number of rotatable bonds is 5. The summed E-state index contributed by atoms with van der Waals surface area (Å²) in [5.41, 5.74) is 0. The van der Waals surface area contributed by atoms with Crippen LogP contribution in [-0.2, 0) is 19.4 Å². The van der Waals surface area contributed by atoms with Gasteiger partial charge in [-0.1, -0.05) is 13.8 Å². The molecule has 88 valence electrons. The standard InChI is InChI=1S/C8H15NO5S/c1-5(2)7(8(11)12)9-6(10)4-15(3,13)14/h5,7H,4H2,1-3H3,(H,9,10)(H,11,12)/t7-/m1/s1. The zero-order chi connectivity index (χ0) is 12.2. The normalized spacial score (nSPS) is 13.6. The Labute approximate surface area is 88.6 Å². The molecule has 0 aliphatic carbocycles. The number of hydrogen-bond acceptors (Lipinski definition) is 4. The van der Waals surface area contributed by atoms with E-state index in [-0.39, 0.29) is 5.92 Å². The van der Waals surface area contributed by atoms with Crippen LogP contribution in [0, 0.1) is 5.92 Å². The molecule has 15 heavy (non-hydrogen) atoms. The van der Waals surface area contributed by atoms with Gasteiger partial charge >= 0.3 is 5.97 Å². The summed E-state index contributed by atoms with van der Waals surface area (Å²) < 4.78 is 21.5. The zero-order valence-electron chi connectivity index (χ0n) is 8.85. The molecule has 0 spiro atoms. The number of carbonyl (C=O) groups is 2. The summed E-state index contributed by atoms with van der Waals surface area (Å²) in [6, 6.07) is -1.06. The maximum atomic E-state index is 11.1. The van der Waals surface area contributed by atoms with Crippen LogP contribution in [0.2, 0.25) is 0 Å². The zero-order valence-corrected chi connectivity index (χ0v) is 9.67. The number of aliphatic carboxylic acids is 1. The molecule has 1 amide bonds. The van der Waals surface area contributed by atoms with E-state index in [2.05, 4.69) is 5.32 Å².